The number of carbonyl (C=O) groups is 3. The van der Waals surface area contributed by atoms with Crippen molar-refractivity contribution in [3.63, 3.8) is 0 Å². The molecule has 0 spiro atoms. The molecule has 0 saturated carbocycles. The van der Waals surface area contributed by atoms with E-state index in [0.29, 0.717) is 13.0 Å². The molecule has 0 radical (unpaired) electrons. The zero-order valence-electron chi connectivity index (χ0n) is 19.9. The minimum absolute atomic E-state index is 0.0245. The minimum atomic E-state index is -0.733. The fourth-order valence-electron chi connectivity index (χ4n) is 4.62. The number of nitrogens with one attached hydrogen (secondary N) is 1. The van der Waals surface area contributed by atoms with Crippen molar-refractivity contribution in [2.24, 2.45) is 5.92 Å². The standard InChI is InChI=1S/C25H30FN5O3S/c1-4-17(2)23-24(33)29(12-11-20-6-5-13-35-20)15-21-30(23)22(32)16-28(3)31(21)25(34)27-14-18-7-9-19(26)10-8-18/h4-10,13,17,21,23H,1,11-12,14-16H2,2-3H3,(H,27,34)/t17?,21-,23-/m0/s1. The third-order valence-corrected chi connectivity index (χ3v) is 7.45. The Bertz CT molecular complexity index is 1080. The van der Waals surface area contributed by atoms with Gasteiger partial charge in [0.15, 0.2) is 0 Å². The highest BCUT2D eigenvalue weighted by Crippen LogP contribution is 2.30. The topological polar surface area (TPSA) is 76.2 Å². The molecule has 1 aromatic carbocycles. The Labute approximate surface area is 208 Å². The molecule has 3 atom stereocenters. The van der Waals surface area contributed by atoms with Crippen molar-refractivity contribution < 1.29 is 18.8 Å². The minimum Gasteiger partial charge on any atom is -0.337 e. The number of nitrogens with zero attached hydrogens (tertiary/aromatic N) is 4. The number of thiophene rings is 1. The maximum atomic E-state index is 13.5. The number of likely N-dealkylation sites (N-methyl/N-ethyl adjacent to an activating group) is 1. The fourth-order valence-corrected chi connectivity index (χ4v) is 5.32. The summed E-state index contributed by atoms with van der Waals surface area (Å²) in [5, 5.41) is 7.97. The number of fused-ring (bicyclic) bond motifs is 1. The van der Waals surface area contributed by atoms with E-state index >= 15 is 0 Å². The van der Waals surface area contributed by atoms with E-state index in [-0.39, 0.29) is 43.2 Å². The Morgan fingerprint density at radius 3 is 2.69 bits per heavy atom. The van der Waals surface area contributed by atoms with E-state index in [1.54, 1.807) is 51.4 Å². The van der Waals surface area contributed by atoms with E-state index in [4.69, 9.17) is 0 Å². The predicted molar refractivity (Wildman–Crippen MR) is 131 cm³/mol. The number of benzene rings is 1. The van der Waals surface area contributed by atoms with Gasteiger partial charge in [0, 0.05) is 30.9 Å². The number of urea groups is 1. The van der Waals surface area contributed by atoms with Crippen LogP contribution in [-0.4, -0.2) is 76.6 Å². The van der Waals surface area contributed by atoms with Crippen LogP contribution in [0.4, 0.5) is 9.18 Å². The van der Waals surface area contributed by atoms with Gasteiger partial charge < -0.3 is 15.1 Å². The van der Waals surface area contributed by atoms with Crippen molar-refractivity contribution in [3.05, 3.63) is 70.7 Å². The monoisotopic (exact) mass is 499 g/mol. The lowest BCUT2D eigenvalue weighted by Crippen LogP contribution is -2.76. The van der Waals surface area contributed by atoms with Gasteiger partial charge in [-0.1, -0.05) is 31.2 Å². The molecule has 8 nitrogen and oxygen atoms in total. The van der Waals surface area contributed by atoms with Crippen molar-refractivity contribution in [2.45, 2.75) is 32.1 Å². The zero-order chi connectivity index (χ0) is 25.1. The molecule has 4 amide bonds. The van der Waals surface area contributed by atoms with Crippen LogP contribution in [0.2, 0.25) is 0 Å². The molecule has 10 heteroatoms. The van der Waals surface area contributed by atoms with Crippen LogP contribution in [0.15, 0.2) is 54.4 Å². The Balaban J connectivity index is 1.57. The molecule has 2 fully saturated rings. The summed E-state index contributed by atoms with van der Waals surface area (Å²) in [4.78, 5) is 44.4. The summed E-state index contributed by atoms with van der Waals surface area (Å²) < 4.78 is 13.2. The van der Waals surface area contributed by atoms with Crippen LogP contribution in [0.3, 0.4) is 0 Å². The number of amides is 4. The molecule has 1 unspecified atom stereocenters. The van der Waals surface area contributed by atoms with Crippen molar-refractivity contribution in [2.75, 3.05) is 26.7 Å². The van der Waals surface area contributed by atoms with E-state index in [1.807, 2.05) is 24.4 Å². The molecule has 2 aromatic rings. The second-order valence-electron chi connectivity index (χ2n) is 8.88. The summed E-state index contributed by atoms with van der Waals surface area (Å²) in [7, 11) is 1.69. The van der Waals surface area contributed by atoms with Crippen LogP contribution in [0.5, 0.6) is 0 Å². The van der Waals surface area contributed by atoms with Crippen molar-refractivity contribution in [1.82, 2.24) is 25.1 Å². The number of rotatable bonds is 7. The molecular formula is C25H30FN5O3S. The lowest BCUT2D eigenvalue weighted by Gasteiger charge is -2.55. The summed E-state index contributed by atoms with van der Waals surface area (Å²) in [5.41, 5.74) is 0.752. The van der Waals surface area contributed by atoms with Gasteiger partial charge in [-0.25, -0.2) is 19.2 Å². The predicted octanol–water partition coefficient (Wildman–Crippen LogP) is 2.69. The zero-order valence-corrected chi connectivity index (χ0v) is 20.7. The van der Waals surface area contributed by atoms with Crippen LogP contribution < -0.4 is 5.32 Å². The van der Waals surface area contributed by atoms with Crippen LogP contribution in [0.1, 0.15) is 17.4 Å². The SMILES string of the molecule is C=CC(C)[C@H]1C(=O)N(CCc2cccs2)C[C@H]2N1C(=O)CN(C)N2C(=O)NCc1ccc(F)cc1. The quantitative estimate of drug-likeness (QED) is 0.595. The first-order valence-corrected chi connectivity index (χ1v) is 12.5. The van der Waals surface area contributed by atoms with E-state index in [0.717, 1.165) is 5.56 Å². The molecule has 3 heterocycles. The molecule has 2 aliphatic heterocycles. The van der Waals surface area contributed by atoms with Gasteiger partial charge in [0.25, 0.3) is 0 Å². The Hall–Kier alpha value is -3.24. The first kappa shape index (κ1) is 24.9. The van der Waals surface area contributed by atoms with Gasteiger partial charge in [0.2, 0.25) is 11.8 Å². The average Bonchev–Trinajstić information content (AvgIpc) is 3.36. The first-order valence-electron chi connectivity index (χ1n) is 11.6. The number of carbonyl (C=O) groups excluding carboxylic acids is 3. The van der Waals surface area contributed by atoms with Gasteiger partial charge in [-0.05, 0) is 35.6 Å². The van der Waals surface area contributed by atoms with E-state index in [9.17, 15) is 18.8 Å². The van der Waals surface area contributed by atoms with Gasteiger partial charge in [0.05, 0.1) is 13.1 Å². The average molecular weight is 500 g/mol. The summed E-state index contributed by atoms with van der Waals surface area (Å²) in [6, 6.07) is 8.78. The normalized spacial score (nSPS) is 21.6. The summed E-state index contributed by atoms with van der Waals surface area (Å²) >= 11 is 1.63. The molecule has 1 aromatic heterocycles. The summed E-state index contributed by atoms with van der Waals surface area (Å²) in [5.74, 6) is -0.965. The summed E-state index contributed by atoms with van der Waals surface area (Å²) in [6.45, 7) is 6.59. The molecule has 35 heavy (non-hydrogen) atoms. The second kappa shape index (κ2) is 10.6. The van der Waals surface area contributed by atoms with Crippen molar-refractivity contribution in [3.8, 4) is 0 Å². The largest absolute Gasteiger partial charge is 0.337 e. The van der Waals surface area contributed by atoms with E-state index in [1.165, 1.54) is 22.0 Å². The maximum Gasteiger partial charge on any atom is 0.334 e. The van der Waals surface area contributed by atoms with E-state index < -0.39 is 18.2 Å². The van der Waals surface area contributed by atoms with Gasteiger partial charge in [-0.2, -0.15) is 0 Å². The molecule has 2 saturated heterocycles. The highest BCUT2D eigenvalue weighted by Gasteiger charge is 2.51. The maximum absolute atomic E-state index is 13.5. The Kier molecular flexibility index (Phi) is 7.51. The van der Waals surface area contributed by atoms with Gasteiger partial charge in [-0.3, -0.25) is 9.59 Å². The third-order valence-electron chi connectivity index (χ3n) is 6.51. The number of hydrogen-bond donors (Lipinski definition) is 1. The van der Waals surface area contributed by atoms with Crippen LogP contribution >= 0.6 is 11.3 Å². The fraction of sp³-hybridized carbons (Fsp3) is 0.400. The van der Waals surface area contributed by atoms with Crippen LogP contribution in [0.25, 0.3) is 0 Å². The molecular weight excluding hydrogens is 469 g/mol. The molecule has 0 bridgehead atoms. The van der Waals surface area contributed by atoms with Gasteiger partial charge in [0.1, 0.15) is 18.0 Å². The number of hydrazine groups is 1. The van der Waals surface area contributed by atoms with Crippen molar-refractivity contribution in [1.29, 1.82) is 0 Å². The molecule has 2 aliphatic rings. The molecule has 186 valence electrons. The number of hydrogen-bond acceptors (Lipinski definition) is 5. The lowest BCUT2D eigenvalue weighted by molar-refractivity contribution is -0.189. The first-order chi connectivity index (χ1) is 16.8. The molecule has 4 rings (SSSR count). The van der Waals surface area contributed by atoms with Gasteiger partial charge in [-0.15, -0.1) is 17.9 Å². The Morgan fingerprint density at radius 2 is 2.03 bits per heavy atom. The molecule has 1 N–H and O–H groups in total. The Morgan fingerprint density at radius 1 is 1.29 bits per heavy atom. The highest BCUT2D eigenvalue weighted by molar-refractivity contribution is 7.09. The van der Waals surface area contributed by atoms with Crippen LogP contribution in [-0.2, 0) is 22.6 Å². The molecule has 0 aliphatic carbocycles. The lowest BCUT2D eigenvalue weighted by atomic mass is 9.94. The van der Waals surface area contributed by atoms with E-state index in [2.05, 4.69) is 11.9 Å². The smallest absolute Gasteiger partial charge is 0.334 e. The number of piperazine rings is 1. The van der Waals surface area contributed by atoms with Crippen LogP contribution in [0, 0.1) is 11.7 Å². The third kappa shape index (κ3) is 5.23. The second-order valence-corrected chi connectivity index (χ2v) is 9.91. The summed E-state index contributed by atoms with van der Waals surface area (Å²) in [6.07, 6.45) is 1.72. The van der Waals surface area contributed by atoms with Gasteiger partial charge >= 0.3 is 6.03 Å². The number of halogens is 1. The van der Waals surface area contributed by atoms with Crippen molar-refractivity contribution >= 4 is 29.2 Å². The highest BCUT2D eigenvalue weighted by atomic mass is 32.1.